The van der Waals surface area contributed by atoms with Crippen molar-refractivity contribution in [3.8, 4) is 0 Å². The summed E-state index contributed by atoms with van der Waals surface area (Å²) in [6.07, 6.45) is 4.04. The molecule has 0 aliphatic rings. The Morgan fingerprint density at radius 3 is 2.73 bits per heavy atom. The van der Waals surface area contributed by atoms with Gasteiger partial charge < -0.3 is 4.90 Å². The van der Waals surface area contributed by atoms with Gasteiger partial charge in [0, 0.05) is 18.5 Å². The third-order valence-electron chi connectivity index (χ3n) is 2.08. The molecular weight excluding hydrogens is 233 g/mol. The molecule has 0 atom stereocenters. The van der Waals surface area contributed by atoms with Crippen LogP contribution in [0.4, 0.5) is 5.82 Å². The predicted octanol–water partition coefficient (Wildman–Crippen LogP) is 2.97. The van der Waals surface area contributed by atoms with E-state index in [4.69, 9.17) is 23.2 Å². The first-order chi connectivity index (χ1) is 7.16. The van der Waals surface area contributed by atoms with Crippen LogP contribution in [0.3, 0.4) is 0 Å². The summed E-state index contributed by atoms with van der Waals surface area (Å²) < 4.78 is 0. The highest BCUT2D eigenvalue weighted by Gasteiger charge is 2.14. The van der Waals surface area contributed by atoms with Crippen molar-refractivity contribution in [2.24, 2.45) is 0 Å². The SMILES string of the molecule is CC(C)N(CCCCl)c1ncncc1Cl. The molecule has 0 bridgehead atoms. The molecule has 0 aliphatic heterocycles. The summed E-state index contributed by atoms with van der Waals surface area (Å²) in [5, 5.41) is 0.584. The molecule has 0 aromatic carbocycles. The summed E-state index contributed by atoms with van der Waals surface area (Å²) >= 11 is 11.7. The van der Waals surface area contributed by atoms with E-state index in [2.05, 4.69) is 28.7 Å². The number of hydrogen-bond donors (Lipinski definition) is 0. The number of hydrogen-bond acceptors (Lipinski definition) is 3. The molecule has 1 rings (SSSR count). The molecule has 1 aromatic rings. The predicted molar refractivity (Wildman–Crippen MR) is 64.9 cm³/mol. The Morgan fingerprint density at radius 1 is 1.47 bits per heavy atom. The van der Waals surface area contributed by atoms with Crippen molar-refractivity contribution in [2.45, 2.75) is 26.3 Å². The highest BCUT2D eigenvalue weighted by molar-refractivity contribution is 6.32. The largest absolute Gasteiger partial charge is 0.353 e. The molecule has 0 saturated carbocycles. The van der Waals surface area contributed by atoms with Crippen LogP contribution in [-0.4, -0.2) is 28.4 Å². The molecule has 0 unspecified atom stereocenters. The summed E-state index contributed by atoms with van der Waals surface area (Å²) in [5.41, 5.74) is 0. The highest BCUT2D eigenvalue weighted by Crippen LogP contribution is 2.23. The fourth-order valence-electron chi connectivity index (χ4n) is 1.36. The van der Waals surface area contributed by atoms with Crippen LogP contribution in [0.25, 0.3) is 0 Å². The Hall–Kier alpha value is -0.540. The van der Waals surface area contributed by atoms with Gasteiger partial charge in [-0.2, -0.15) is 0 Å². The quantitative estimate of drug-likeness (QED) is 0.750. The van der Waals surface area contributed by atoms with Crippen molar-refractivity contribution in [2.75, 3.05) is 17.3 Å². The van der Waals surface area contributed by atoms with Crippen LogP contribution in [-0.2, 0) is 0 Å². The number of halogens is 2. The van der Waals surface area contributed by atoms with E-state index in [9.17, 15) is 0 Å². The molecule has 84 valence electrons. The monoisotopic (exact) mass is 247 g/mol. The molecule has 0 radical (unpaired) electrons. The number of rotatable bonds is 5. The number of aromatic nitrogens is 2. The van der Waals surface area contributed by atoms with Crippen molar-refractivity contribution in [1.29, 1.82) is 0 Å². The van der Waals surface area contributed by atoms with Gasteiger partial charge in [0.05, 0.1) is 6.20 Å². The van der Waals surface area contributed by atoms with Crippen LogP contribution in [0.2, 0.25) is 5.02 Å². The van der Waals surface area contributed by atoms with Gasteiger partial charge in [-0.3, -0.25) is 0 Å². The molecule has 15 heavy (non-hydrogen) atoms. The molecule has 0 amide bonds. The van der Waals surface area contributed by atoms with Crippen LogP contribution in [0, 0.1) is 0 Å². The van der Waals surface area contributed by atoms with Gasteiger partial charge in [-0.15, -0.1) is 11.6 Å². The van der Waals surface area contributed by atoms with E-state index >= 15 is 0 Å². The fraction of sp³-hybridized carbons (Fsp3) is 0.600. The molecule has 3 nitrogen and oxygen atoms in total. The van der Waals surface area contributed by atoms with Crippen molar-refractivity contribution in [3.05, 3.63) is 17.5 Å². The van der Waals surface area contributed by atoms with E-state index in [-0.39, 0.29) is 0 Å². The lowest BCUT2D eigenvalue weighted by Gasteiger charge is -2.28. The number of alkyl halides is 1. The Morgan fingerprint density at radius 2 is 2.20 bits per heavy atom. The van der Waals surface area contributed by atoms with Crippen molar-refractivity contribution in [3.63, 3.8) is 0 Å². The Bertz CT molecular complexity index is 304. The maximum Gasteiger partial charge on any atom is 0.151 e. The third-order valence-corrected chi connectivity index (χ3v) is 2.61. The molecule has 0 spiro atoms. The lowest BCUT2D eigenvalue weighted by Crippen LogP contribution is -2.33. The summed E-state index contributed by atoms with van der Waals surface area (Å²) in [5.74, 6) is 1.43. The van der Waals surface area contributed by atoms with Gasteiger partial charge in [-0.25, -0.2) is 9.97 Å². The second-order valence-corrected chi connectivity index (χ2v) is 4.31. The third kappa shape index (κ3) is 3.50. The number of nitrogens with zero attached hydrogens (tertiary/aromatic N) is 3. The maximum absolute atomic E-state index is 6.04. The standard InChI is InChI=1S/C10H15Cl2N3/c1-8(2)15(5-3-4-11)10-9(12)6-13-7-14-10/h6-8H,3-5H2,1-2H3. The minimum atomic E-state index is 0.348. The molecule has 0 fully saturated rings. The summed E-state index contributed by atoms with van der Waals surface area (Å²) in [6.45, 7) is 5.07. The van der Waals surface area contributed by atoms with E-state index < -0.39 is 0 Å². The zero-order valence-corrected chi connectivity index (χ0v) is 10.5. The van der Waals surface area contributed by atoms with E-state index in [0.29, 0.717) is 16.9 Å². The Balaban J connectivity index is 2.84. The Labute approximate surface area is 100 Å². The van der Waals surface area contributed by atoms with E-state index in [1.807, 2.05) is 0 Å². The molecule has 5 heteroatoms. The van der Waals surface area contributed by atoms with Crippen LogP contribution in [0.15, 0.2) is 12.5 Å². The van der Waals surface area contributed by atoms with Gasteiger partial charge in [-0.1, -0.05) is 11.6 Å². The van der Waals surface area contributed by atoms with Crippen LogP contribution in [0.1, 0.15) is 20.3 Å². The van der Waals surface area contributed by atoms with Gasteiger partial charge in [0.1, 0.15) is 11.3 Å². The lowest BCUT2D eigenvalue weighted by molar-refractivity contribution is 0.662. The van der Waals surface area contributed by atoms with Crippen molar-refractivity contribution >= 4 is 29.0 Å². The lowest BCUT2D eigenvalue weighted by atomic mass is 10.3. The molecule has 0 saturated heterocycles. The van der Waals surface area contributed by atoms with E-state index in [0.717, 1.165) is 18.8 Å². The average molecular weight is 248 g/mol. The zero-order valence-electron chi connectivity index (χ0n) is 8.95. The van der Waals surface area contributed by atoms with Crippen molar-refractivity contribution in [1.82, 2.24) is 9.97 Å². The second kappa shape index (κ2) is 6.13. The highest BCUT2D eigenvalue weighted by atomic mass is 35.5. The maximum atomic E-state index is 6.04. The average Bonchev–Trinajstić information content (AvgIpc) is 2.20. The summed E-state index contributed by atoms with van der Waals surface area (Å²) in [6, 6.07) is 0.348. The van der Waals surface area contributed by atoms with Gasteiger partial charge in [-0.05, 0) is 20.3 Å². The van der Waals surface area contributed by atoms with E-state index in [1.165, 1.54) is 6.33 Å². The summed E-state index contributed by atoms with van der Waals surface area (Å²) in [4.78, 5) is 10.2. The second-order valence-electron chi connectivity index (χ2n) is 3.52. The minimum absolute atomic E-state index is 0.348. The molecule has 0 aliphatic carbocycles. The first kappa shape index (κ1) is 12.5. The molecule has 1 aromatic heterocycles. The topological polar surface area (TPSA) is 29.0 Å². The first-order valence-corrected chi connectivity index (χ1v) is 5.86. The number of anilines is 1. The minimum Gasteiger partial charge on any atom is -0.353 e. The van der Waals surface area contributed by atoms with Gasteiger partial charge in [0.15, 0.2) is 5.82 Å². The summed E-state index contributed by atoms with van der Waals surface area (Å²) in [7, 11) is 0. The van der Waals surface area contributed by atoms with E-state index in [1.54, 1.807) is 6.20 Å². The molecule has 0 N–H and O–H groups in total. The van der Waals surface area contributed by atoms with Gasteiger partial charge in [0.25, 0.3) is 0 Å². The van der Waals surface area contributed by atoms with Crippen LogP contribution in [0.5, 0.6) is 0 Å². The van der Waals surface area contributed by atoms with Gasteiger partial charge in [0.2, 0.25) is 0 Å². The van der Waals surface area contributed by atoms with Crippen LogP contribution < -0.4 is 4.90 Å². The molecule has 1 heterocycles. The Kier molecular flexibility index (Phi) is 5.12. The van der Waals surface area contributed by atoms with Crippen LogP contribution >= 0.6 is 23.2 Å². The normalized spacial score (nSPS) is 10.7. The van der Waals surface area contributed by atoms with Gasteiger partial charge >= 0.3 is 0 Å². The molecular formula is C10H15Cl2N3. The smallest absolute Gasteiger partial charge is 0.151 e. The zero-order chi connectivity index (χ0) is 11.3. The fourth-order valence-corrected chi connectivity index (χ4v) is 1.69. The first-order valence-electron chi connectivity index (χ1n) is 4.95. The van der Waals surface area contributed by atoms with Crippen molar-refractivity contribution < 1.29 is 0 Å².